The zero-order valence-electron chi connectivity index (χ0n) is 12.3. The summed E-state index contributed by atoms with van der Waals surface area (Å²) in [5.41, 5.74) is 1.04. The zero-order chi connectivity index (χ0) is 14.9. The Morgan fingerprint density at radius 1 is 1.38 bits per heavy atom. The minimum atomic E-state index is -3.45. The molecule has 7 heteroatoms. The van der Waals surface area contributed by atoms with Crippen molar-refractivity contribution in [3.8, 4) is 0 Å². The molecule has 3 rings (SSSR count). The molecule has 1 aliphatic heterocycles. The maximum atomic E-state index is 12.5. The summed E-state index contributed by atoms with van der Waals surface area (Å²) < 4.78 is 35.0. The number of nitrogens with one attached hydrogen (secondary N) is 2. The lowest BCUT2D eigenvalue weighted by Crippen LogP contribution is -2.34. The molecule has 1 aliphatic carbocycles. The minimum absolute atomic E-state index is 0.100. The smallest absolute Gasteiger partial charge is 0.242 e. The van der Waals surface area contributed by atoms with Crippen LogP contribution < -0.4 is 10.0 Å². The van der Waals surface area contributed by atoms with E-state index in [1.54, 1.807) is 12.3 Å². The molecule has 6 nitrogen and oxygen atoms in total. The van der Waals surface area contributed by atoms with Crippen molar-refractivity contribution in [2.75, 3.05) is 19.8 Å². The predicted molar refractivity (Wildman–Crippen MR) is 79.6 cm³/mol. The van der Waals surface area contributed by atoms with E-state index < -0.39 is 10.0 Å². The molecule has 0 bridgehead atoms. The highest BCUT2D eigenvalue weighted by Crippen LogP contribution is 2.37. The second kappa shape index (κ2) is 6.08. The standard InChI is InChI=1S/C14H23N3O3S/c1-2-15-8-13-7-14(9-17(13)12-3-4-12)21(18,19)16-11-5-6-20-10-11/h7,9,11-12,15-16H,2-6,8,10H2,1H3. The summed E-state index contributed by atoms with van der Waals surface area (Å²) in [6.07, 6.45) is 4.80. The van der Waals surface area contributed by atoms with Gasteiger partial charge in [0.05, 0.1) is 11.5 Å². The lowest BCUT2D eigenvalue weighted by molar-refractivity contribution is 0.192. The van der Waals surface area contributed by atoms with Crippen molar-refractivity contribution in [1.82, 2.24) is 14.6 Å². The number of rotatable bonds is 7. The van der Waals surface area contributed by atoms with E-state index in [4.69, 9.17) is 4.74 Å². The Bertz CT molecular complexity index is 587. The topological polar surface area (TPSA) is 72.4 Å². The van der Waals surface area contributed by atoms with Gasteiger partial charge in [-0.15, -0.1) is 0 Å². The monoisotopic (exact) mass is 313 g/mol. The molecule has 2 N–H and O–H groups in total. The van der Waals surface area contributed by atoms with Gasteiger partial charge < -0.3 is 14.6 Å². The number of nitrogens with zero attached hydrogens (tertiary/aromatic N) is 1. The van der Waals surface area contributed by atoms with Gasteiger partial charge >= 0.3 is 0 Å². The summed E-state index contributed by atoms with van der Waals surface area (Å²) in [5.74, 6) is 0. The highest BCUT2D eigenvalue weighted by molar-refractivity contribution is 7.89. The summed E-state index contributed by atoms with van der Waals surface area (Å²) in [5, 5.41) is 3.27. The van der Waals surface area contributed by atoms with E-state index >= 15 is 0 Å². The van der Waals surface area contributed by atoms with E-state index in [9.17, 15) is 8.42 Å². The molecule has 2 aliphatic rings. The molecule has 1 aromatic heterocycles. The Morgan fingerprint density at radius 2 is 2.19 bits per heavy atom. The van der Waals surface area contributed by atoms with Gasteiger partial charge in [-0.25, -0.2) is 13.1 Å². The van der Waals surface area contributed by atoms with Crippen molar-refractivity contribution in [3.63, 3.8) is 0 Å². The quantitative estimate of drug-likeness (QED) is 0.788. The molecule has 2 heterocycles. The van der Waals surface area contributed by atoms with E-state index in [0.717, 1.165) is 31.5 Å². The third kappa shape index (κ3) is 3.48. The first kappa shape index (κ1) is 15.0. The molecular weight excluding hydrogens is 290 g/mol. The van der Waals surface area contributed by atoms with Crippen LogP contribution in [0.15, 0.2) is 17.2 Å². The summed E-state index contributed by atoms with van der Waals surface area (Å²) in [4.78, 5) is 0.370. The maximum absolute atomic E-state index is 12.5. The number of hydrogen-bond acceptors (Lipinski definition) is 4. The van der Waals surface area contributed by atoms with Crippen LogP contribution in [0.5, 0.6) is 0 Å². The third-order valence-corrected chi connectivity index (χ3v) is 5.45. The lowest BCUT2D eigenvalue weighted by atomic mass is 10.3. The normalized spacial score (nSPS) is 22.8. The van der Waals surface area contributed by atoms with Crippen LogP contribution in [0.4, 0.5) is 0 Å². The summed E-state index contributed by atoms with van der Waals surface area (Å²) in [7, 11) is -3.45. The Kier molecular flexibility index (Phi) is 4.35. The van der Waals surface area contributed by atoms with Gasteiger partial charge in [0.1, 0.15) is 0 Å². The molecule has 1 saturated heterocycles. The van der Waals surface area contributed by atoms with Crippen LogP contribution in [-0.4, -0.2) is 38.8 Å². The van der Waals surface area contributed by atoms with Gasteiger partial charge in [-0.1, -0.05) is 6.92 Å². The van der Waals surface area contributed by atoms with Crippen LogP contribution >= 0.6 is 0 Å². The Hall–Kier alpha value is -0.890. The van der Waals surface area contributed by atoms with Gasteiger partial charge in [0, 0.05) is 37.1 Å². The number of hydrogen-bond donors (Lipinski definition) is 2. The highest BCUT2D eigenvalue weighted by atomic mass is 32.2. The van der Waals surface area contributed by atoms with Crippen molar-refractivity contribution in [2.24, 2.45) is 0 Å². The largest absolute Gasteiger partial charge is 0.380 e. The molecule has 2 fully saturated rings. The van der Waals surface area contributed by atoms with Crippen molar-refractivity contribution in [1.29, 1.82) is 0 Å². The predicted octanol–water partition coefficient (Wildman–Crippen LogP) is 1.000. The van der Waals surface area contributed by atoms with Crippen LogP contribution in [0.1, 0.15) is 37.9 Å². The molecule has 1 atom stereocenters. The SMILES string of the molecule is CCNCc1cc(S(=O)(=O)NC2CCOC2)cn1C1CC1. The Morgan fingerprint density at radius 3 is 2.81 bits per heavy atom. The van der Waals surface area contributed by atoms with E-state index in [1.165, 1.54) is 0 Å². The van der Waals surface area contributed by atoms with E-state index in [1.807, 2.05) is 6.92 Å². The minimum Gasteiger partial charge on any atom is -0.380 e. The molecule has 0 aromatic carbocycles. The van der Waals surface area contributed by atoms with Gasteiger partial charge in [-0.05, 0) is 31.9 Å². The van der Waals surface area contributed by atoms with Gasteiger partial charge in [-0.2, -0.15) is 0 Å². The van der Waals surface area contributed by atoms with Crippen LogP contribution in [0.3, 0.4) is 0 Å². The molecule has 21 heavy (non-hydrogen) atoms. The van der Waals surface area contributed by atoms with Crippen molar-refractivity contribution >= 4 is 10.0 Å². The number of aromatic nitrogens is 1. The van der Waals surface area contributed by atoms with Crippen LogP contribution in [0.2, 0.25) is 0 Å². The van der Waals surface area contributed by atoms with E-state index in [-0.39, 0.29) is 6.04 Å². The summed E-state index contributed by atoms with van der Waals surface area (Å²) in [6, 6.07) is 2.16. The van der Waals surface area contributed by atoms with Gasteiger partial charge in [0.2, 0.25) is 10.0 Å². The second-order valence-electron chi connectivity index (χ2n) is 5.77. The molecule has 1 unspecified atom stereocenters. The van der Waals surface area contributed by atoms with Crippen LogP contribution in [-0.2, 0) is 21.3 Å². The number of sulfonamides is 1. The van der Waals surface area contributed by atoms with Gasteiger partial charge in [0.25, 0.3) is 0 Å². The average Bonchev–Trinajstić information content (AvgIpc) is 2.99. The van der Waals surface area contributed by atoms with Crippen LogP contribution in [0, 0.1) is 0 Å². The number of ether oxygens (including phenoxy) is 1. The Labute approximate surface area is 125 Å². The van der Waals surface area contributed by atoms with Crippen molar-refractivity contribution in [2.45, 2.75) is 49.7 Å². The van der Waals surface area contributed by atoms with Crippen LogP contribution in [0.25, 0.3) is 0 Å². The first-order valence-corrected chi connectivity index (χ1v) is 9.10. The molecule has 0 radical (unpaired) electrons. The van der Waals surface area contributed by atoms with E-state index in [0.29, 0.717) is 30.7 Å². The van der Waals surface area contributed by atoms with Crippen molar-refractivity contribution < 1.29 is 13.2 Å². The van der Waals surface area contributed by atoms with E-state index in [2.05, 4.69) is 14.6 Å². The second-order valence-corrected chi connectivity index (χ2v) is 7.48. The van der Waals surface area contributed by atoms with Gasteiger partial charge in [-0.3, -0.25) is 0 Å². The first-order chi connectivity index (χ1) is 10.1. The van der Waals surface area contributed by atoms with Crippen molar-refractivity contribution in [3.05, 3.63) is 18.0 Å². The fourth-order valence-electron chi connectivity index (χ4n) is 2.65. The zero-order valence-corrected chi connectivity index (χ0v) is 13.2. The fourth-order valence-corrected chi connectivity index (χ4v) is 3.95. The third-order valence-electron chi connectivity index (χ3n) is 3.97. The van der Waals surface area contributed by atoms with Gasteiger partial charge in [0.15, 0.2) is 0 Å². The maximum Gasteiger partial charge on any atom is 0.242 e. The molecule has 0 spiro atoms. The average molecular weight is 313 g/mol. The molecule has 0 amide bonds. The molecule has 118 valence electrons. The Balaban J connectivity index is 1.79. The summed E-state index contributed by atoms with van der Waals surface area (Å²) in [6.45, 7) is 4.71. The fraction of sp³-hybridized carbons (Fsp3) is 0.714. The highest BCUT2D eigenvalue weighted by Gasteiger charge is 2.29. The molecular formula is C14H23N3O3S. The molecule has 1 aromatic rings. The first-order valence-electron chi connectivity index (χ1n) is 7.61. The molecule has 1 saturated carbocycles. The lowest BCUT2D eigenvalue weighted by Gasteiger charge is -2.09. The summed E-state index contributed by atoms with van der Waals surface area (Å²) >= 11 is 0.